The van der Waals surface area contributed by atoms with Gasteiger partial charge in [0.1, 0.15) is 0 Å². The predicted octanol–water partition coefficient (Wildman–Crippen LogP) is 2.56. The van der Waals surface area contributed by atoms with Crippen LogP contribution in [0.5, 0.6) is 0 Å². The number of ether oxygens (including phenoxy) is 2. The highest BCUT2D eigenvalue weighted by Crippen LogP contribution is 2.00. The Balaban J connectivity index is 2.81. The average molecular weight is 217 g/mol. The molecule has 0 spiro atoms. The highest BCUT2D eigenvalue weighted by molar-refractivity contribution is 4.45. The molecule has 0 aliphatic rings. The predicted molar refractivity (Wildman–Crippen MR) is 64.1 cm³/mol. The molecule has 3 nitrogen and oxygen atoms in total. The molecule has 0 aromatic carbocycles. The molecule has 0 saturated heterocycles. The number of methoxy groups -OCH3 is 1. The molecule has 3 heteroatoms. The highest BCUT2D eigenvalue weighted by Gasteiger charge is 1.90. The van der Waals surface area contributed by atoms with Gasteiger partial charge in [-0.15, -0.1) is 0 Å². The van der Waals surface area contributed by atoms with Crippen LogP contribution in [-0.4, -0.2) is 33.6 Å². The van der Waals surface area contributed by atoms with Crippen molar-refractivity contribution in [2.75, 3.05) is 33.6 Å². The van der Waals surface area contributed by atoms with Gasteiger partial charge in [0.15, 0.2) is 0 Å². The van der Waals surface area contributed by atoms with E-state index >= 15 is 0 Å². The summed E-state index contributed by atoms with van der Waals surface area (Å²) in [6.45, 7) is 5.57. The molecule has 0 rings (SSSR count). The second-order valence-corrected chi connectivity index (χ2v) is 3.81. The van der Waals surface area contributed by atoms with E-state index in [0.29, 0.717) is 6.73 Å². The van der Waals surface area contributed by atoms with Crippen molar-refractivity contribution in [1.82, 2.24) is 5.32 Å². The van der Waals surface area contributed by atoms with E-state index in [1.165, 1.54) is 32.1 Å². The van der Waals surface area contributed by atoms with Crippen molar-refractivity contribution in [3.8, 4) is 0 Å². The third-order valence-corrected chi connectivity index (χ3v) is 2.30. The Hall–Kier alpha value is -0.120. The van der Waals surface area contributed by atoms with Gasteiger partial charge in [-0.1, -0.05) is 32.6 Å². The van der Waals surface area contributed by atoms with Crippen molar-refractivity contribution in [3.05, 3.63) is 0 Å². The monoisotopic (exact) mass is 217 g/mol. The largest absolute Gasteiger partial charge is 0.385 e. The summed E-state index contributed by atoms with van der Waals surface area (Å²) < 4.78 is 10.3. The van der Waals surface area contributed by atoms with E-state index in [9.17, 15) is 0 Å². The zero-order valence-corrected chi connectivity index (χ0v) is 10.4. The molecule has 0 fully saturated rings. The van der Waals surface area contributed by atoms with Crippen molar-refractivity contribution in [1.29, 1.82) is 0 Å². The Bertz CT molecular complexity index is 97.8. The summed E-state index contributed by atoms with van der Waals surface area (Å²) in [5.74, 6) is 0. The molecule has 0 amide bonds. The number of hydrogen-bond donors (Lipinski definition) is 1. The van der Waals surface area contributed by atoms with Crippen molar-refractivity contribution in [2.45, 2.75) is 45.4 Å². The molecule has 0 radical (unpaired) electrons. The summed E-state index contributed by atoms with van der Waals surface area (Å²) >= 11 is 0. The summed E-state index contributed by atoms with van der Waals surface area (Å²) in [5, 5.41) is 3.28. The van der Waals surface area contributed by atoms with E-state index in [1.807, 2.05) is 0 Å². The summed E-state index contributed by atoms with van der Waals surface area (Å²) in [7, 11) is 1.72. The van der Waals surface area contributed by atoms with Gasteiger partial charge in [-0.05, 0) is 19.4 Å². The van der Waals surface area contributed by atoms with E-state index in [1.54, 1.807) is 7.11 Å². The van der Waals surface area contributed by atoms with Crippen LogP contribution in [0.4, 0.5) is 0 Å². The van der Waals surface area contributed by atoms with Gasteiger partial charge in [0.2, 0.25) is 0 Å². The summed E-state index contributed by atoms with van der Waals surface area (Å²) in [4.78, 5) is 0. The van der Waals surface area contributed by atoms with Crippen LogP contribution in [0.15, 0.2) is 0 Å². The molecule has 0 saturated carbocycles. The van der Waals surface area contributed by atoms with E-state index in [2.05, 4.69) is 12.2 Å². The van der Waals surface area contributed by atoms with Crippen LogP contribution in [0.25, 0.3) is 0 Å². The topological polar surface area (TPSA) is 30.5 Å². The Morgan fingerprint density at radius 3 is 2.47 bits per heavy atom. The maximum Gasteiger partial charge on any atom is 0.0965 e. The summed E-state index contributed by atoms with van der Waals surface area (Å²) in [6.07, 6.45) is 7.64. The average Bonchev–Trinajstić information content (AvgIpc) is 2.26. The molecule has 0 unspecified atom stereocenters. The zero-order chi connectivity index (χ0) is 11.2. The summed E-state index contributed by atoms with van der Waals surface area (Å²) in [5.41, 5.74) is 0. The first-order chi connectivity index (χ1) is 7.41. The maximum atomic E-state index is 5.37. The second-order valence-electron chi connectivity index (χ2n) is 3.81. The zero-order valence-electron chi connectivity index (χ0n) is 10.4. The van der Waals surface area contributed by atoms with Gasteiger partial charge in [0, 0.05) is 13.7 Å². The molecule has 0 heterocycles. The SMILES string of the molecule is CCCCCCCNCOCCCOC. The van der Waals surface area contributed by atoms with E-state index in [4.69, 9.17) is 9.47 Å². The normalized spacial score (nSPS) is 10.8. The molecular formula is C12H27NO2. The molecule has 1 N–H and O–H groups in total. The van der Waals surface area contributed by atoms with Crippen molar-refractivity contribution < 1.29 is 9.47 Å². The second kappa shape index (κ2) is 13.9. The van der Waals surface area contributed by atoms with Crippen molar-refractivity contribution in [3.63, 3.8) is 0 Å². The lowest BCUT2D eigenvalue weighted by molar-refractivity contribution is 0.0908. The van der Waals surface area contributed by atoms with Gasteiger partial charge in [0.25, 0.3) is 0 Å². The van der Waals surface area contributed by atoms with Crippen LogP contribution in [-0.2, 0) is 9.47 Å². The van der Waals surface area contributed by atoms with Crippen LogP contribution in [0, 0.1) is 0 Å². The van der Waals surface area contributed by atoms with Gasteiger partial charge in [-0.25, -0.2) is 0 Å². The Morgan fingerprint density at radius 2 is 1.73 bits per heavy atom. The van der Waals surface area contributed by atoms with E-state index in [-0.39, 0.29) is 0 Å². The molecule has 92 valence electrons. The fraction of sp³-hybridized carbons (Fsp3) is 1.00. The fourth-order valence-corrected chi connectivity index (χ4v) is 1.38. The van der Waals surface area contributed by atoms with Crippen LogP contribution in [0.3, 0.4) is 0 Å². The van der Waals surface area contributed by atoms with Crippen LogP contribution < -0.4 is 5.32 Å². The number of rotatable bonds is 12. The fourth-order valence-electron chi connectivity index (χ4n) is 1.38. The minimum absolute atomic E-state index is 0.678. The van der Waals surface area contributed by atoms with Gasteiger partial charge in [-0.3, -0.25) is 5.32 Å². The van der Waals surface area contributed by atoms with Gasteiger partial charge >= 0.3 is 0 Å². The lowest BCUT2D eigenvalue weighted by Gasteiger charge is -2.05. The van der Waals surface area contributed by atoms with Gasteiger partial charge in [0.05, 0.1) is 13.3 Å². The standard InChI is InChI=1S/C12H27NO2/c1-3-4-5-6-7-9-13-12-15-11-8-10-14-2/h13H,3-12H2,1-2H3. The Kier molecular flexibility index (Phi) is 13.8. The number of unbranched alkanes of at least 4 members (excludes halogenated alkanes) is 4. The minimum atomic E-state index is 0.678. The van der Waals surface area contributed by atoms with Crippen LogP contribution >= 0.6 is 0 Å². The Labute approximate surface area is 94.5 Å². The van der Waals surface area contributed by atoms with Gasteiger partial charge in [-0.2, -0.15) is 0 Å². The van der Waals surface area contributed by atoms with Crippen LogP contribution in [0.2, 0.25) is 0 Å². The Morgan fingerprint density at radius 1 is 0.933 bits per heavy atom. The first-order valence-electron chi connectivity index (χ1n) is 6.19. The number of nitrogens with one attached hydrogen (secondary N) is 1. The molecule has 0 bridgehead atoms. The molecule has 15 heavy (non-hydrogen) atoms. The first-order valence-corrected chi connectivity index (χ1v) is 6.19. The molecule has 0 aliphatic heterocycles. The van der Waals surface area contributed by atoms with Crippen molar-refractivity contribution in [2.24, 2.45) is 0 Å². The molecule has 0 aliphatic carbocycles. The first kappa shape index (κ1) is 14.9. The molecule has 0 aromatic rings. The number of hydrogen-bond acceptors (Lipinski definition) is 3. The molecule has 0 atom stereocenters. The lowest BCUT2D eigenvalue weighted by atomic mass is 10.1. The third kappa shape index (κ3) is 13.9. The van der Waals surface area contributed by atoms with Gasteiger partial charge < -0.3 is 9.47 Å². The van der Waals surface area contributed by atoms with E-state index in [0.717, 1.165) is 26.2 Å². The molecular weight excluding hydrogens is 190 g/mol. The quantitative estimate of drug-likeness (QED) is 0.402. The molecule has 0 aromatic heterocycles. The van der Waals surface area contributed by atoms with E-state index < -0.39 is 0 Å². The third-order valence-electron chi connectivity index (χ3n) is 2.30. The highest BCUT2D eigenvalue weighted by atomic mass is 16.5. The summed E-state index contributed by atoms with van der Waals surface area (Å²) in [6, 6.07) is 0. The smallest absolute Gasteiger partial charge is 0.0965 e. The maximum absolute atomic E-state index is 5.37. The van der Waals surface area contributed by atoms with Crippen molar-refractivity contribution >= 4 is 0 Å². The minimum Gasteiger partial charge on any atom is -0.385 e. The van der Waals surface area contributed by atoms with Crippen LogP contribution in [0.1, 0.15) is 45.4 Å². The lowest BCUT2D eigenvalue weighted by Crippen LogP contribution is -2.19.